The maximum Gasteiger partial charge on any atom is 0.137 e. The Kier molecular flexibility index (Phi) is 10.1. The molecular formula is C38H42F2N2O. The van der Waals surface area contributed by atoms with E-state index < -0.39 is 6.10 Å². The molecule has 0 aromatic heterocycles. The molecule has 3 aromatic rings. The molecule has 1 saturated carbocycles. The fourth-order valence-corrected chi connectivity index (χ4v) is 6.63. The van der Waals surface area contributed by atoms with Gasteiger partial charge < -0.3 is 10.0 Å². The molecule has 0 saturated heterocycles. The molecule has 1 fully saturated rings. The summed E-state index contributed by atoms with van der Waals surface area (Å²) in [5.41, 5.74) is 7.88. The highest BCUT2D eigenvalue weighted by atomic mass is 19.1. The van der Waals surface area contributed by atoms with E-state index in [0.717, 1.165) is 72.3 Å². The lowest BCUT2D eigenvalue weighted by atomic mass is 9.81. The number of rotatable bonds is 8. The molecule has 0 radical (unpaired) electrons. The molecule has 5 atom stereocenters. The van der Waals surface area contributed by atoms with Crippen LogP contribution < -0.4 is 0 Å². The zero-order chi connectivity index (χ0) is 30.3. The zero-order valence-electron chi connectivity index (χ0n) is 25.2. The maximum absolute atomic E-state index is 13.9. The fourth-order valence-electron chi connectivity index (χ4n) is 6.63. The predicted molar refractivity (Wildman–Crippen MR) is 171 cm³/mol. The second kappa shape index (κ2) is 14.1. The van der Waals surface area contributed by atoms with E-state index in [1.165, 1.54) is 24.3 Å². The molecule has 3 nitrogen and oxygen atoms in total. The van der Waals surface area contributed by atoms with Crippen LogP contribution in [0.5, 0.6) is 0 Å². The fraction of sp³-hybridized carbons (Fsp3) is 0.368. The summed E-state index contributed by atoms with van der Waals surface area (Å²) in [7, 11) is 0. The van der Waals surface area contributed by atoms with Crippen molar-refractivity contribution in [1.29, 1.82) is 0 Å². The van der Waals surface area contributed by atoms with Gasteiger partial charge in [-0.05, 0) is 116 Å². The Bertz CT molecular complexity index is 1470. The summed E-state index contributed by atoms with van der Waals surface area (Å²) < 4.78 is 27.6. The first-order valence-electron chi connectivity index (χ1n) is 15.5. The standard InChI is InChI=1S/C38H42F2N2O/c1-4-28(27(3)29-11-8-12-32(15-14-29)37(43)31-9-6-5-7-10-31)25-42-26(2)13-24-36(30-16-20-34(39)21-17-30)41-38(42)33-18-22-35(40)23-19-33/h5-7,9-10,16-24,26-27,29,32,37,43H,1,8,11-15,25H2,2-3H3. The molecule has 1 N–H and O–H groups in total. The minimum absolute atomic E-state index is 0.108. The first-order valence-corrected chi connectivity index (χ1v) is 15.5. The summed E-state index contributed by atoms with van der Waals surface area (Å²) in [6.45, 7) is 9.18. The number of amidine groups is 1. The molecule has 43 heavy (non-hydrogen) atoms. The van der Waals surface area contributed by atoms with Crippen molar-refractivity contribution in [3.63, 3.8) is 0 Å². The van der Waals surface area contributed by atoms with Gasteiger partial charge in [0.2, 0.25) is 0 Å². The Morgan fingerprint density at radius 2 is 1.51 bits per heavy atom. The third kappa shape index (κ3) is 7.41. The first-order chi connectivity index (χ1) is 20.8. The summed E-state index contributed by atoms with van der Waals surface area (Å²) in [4.78, 5) is 7.39. The normalized spacial score (nSPS) is 22.3. The summed E-state index contributed by atoms with van der Waals surface area (Å²) in [6, 6.07) is 23.0. The van der Waals surface area contributed by atoms with Gasteiger partial charge in [0.25, 0.3) is 0 Å². The van der Waals surface area contributed by atoms with E-state index in [1.807, 2.05) is 30.3 Å². The number of aliphatic hydroxyl groups excluding tert-OH is 1. The Hall–Kier alpha value is -3.79. The molecule has 3 aromatic carbocycles. The van der Waals surface area contributed by atoms with Gasteiger partial charge in [0, 0.05) is 23.7 Å². The average Bonchev–Trinajstić information content (AvgIpc) is 3.38. The van der Waals surface area contributed by atoms with E-state index in [9.17, 15) is 13.9 Å². The largest absolute Gasteiger partial charge is 0.388 e. The van der Waals surface area contributed by atoms with Crippen molar-refractivity contribution in [2.75, 3.05) is 6.54 Å². The Balaban J connectivity index is 1.37. The van der Waals surface area contributed by atoms with E-state index in [2.05, 4.69) is 37.1 Å². The van der Waals surface area contributed by atoms with Gasteiger partial charge in [-0.3, -0.25) is 0 Å². The molecule has 5 unspecified atom stereocenters. The second-order valence-electron chi connectivity index (χ2n) is 12.1. The van der Waals surface area contributed by atoms with Crippen LogP contribution in [-0.4, -0.2) is 28.4 Å². The van der Waals surface area contributed by atoms with Crippen molar-refractivity contribution >= 4 is 11.5 Å². The summed E-state index contributed by atoms with van der Waals surface area (Å²) in [5, 5.41) is 11.1. The molecule has 224 valence electrons. The molecule has 2 aliphatic rings. The van der Waals surface area contributed by atoms with E-state index in [-0.39, 0.29) is 29.5 Å². The van der Waals surface area contributed by atoms with Crippen LogP contribution in [0.15, 0.2) is 108 Å². The average molecular weight is 581 g/mol. The summed E-state index contributed by atoms with van der Waals surface area (Å²) >= 11 is 0. The predicted octanol–water partition coefficient (Wildman–Crippen LogP) is 9.12. The Morgan fingerprint density at radius 3 is 2.16 bits per heavy atom. The summed E-state index contributed by atoms with van der Waals surface area (Å²) in [6.07, 6.45) is 7.67. The number of benzene rings is 3. The van der Waals surface area contributed by atoms with Crippen LogP contribution in [-0.2, 0) is 0 Å². The van der Waals surface area contributed by atoms with Gasteiger partial charge in [0.1, 0.15) is 17.5 Å². The topological polar surface area (TPSA) is 35.8 Å². The van der Waals surface area contributed by atoms with Crippen LogP contribution in [0.1, 0.15) is 75.2 Å². The lowest BCUT2D eigenvalue weighted by Crippen LogP contribution is -2.41. The van der Waals surface area contributed by atoms with Crippen molar-refractivity contribution in [2.24, 2.45) is 22.7 Å². The third-order valence-electron chi connectivity index (χ3n) is 9.40. The summed E-state index contributed by atoms with van der Waals surface area (Å²) in [5.74, 6) is 1.17. The molecule has 0 amide bonds. The molecule has 1 heterocycles. The lowest BCUT2D eigenvalue weighted by Gasteiger charge is -2.34. The second-order valence-corrected chi connectivity index (χ2v) is 12.1. The van der Waals surface area contributed by atoms with Crippen molar-refractivity contribution in [1.82, 2.24) is 4.90 Å². The van der Waals surface area contributed by atoms with Gasteiger partial charge in [-0.25, -0.2) is 13.8 Å². The highest BCUT2D eigenvalue weighted by molar-refractivity contribution is 6.02. The Labute approximate surface area is 255 Å². The molecule has 1 aliphatic carbocycles. The van der Waals surface area contributed by atoms with Gasteiger partial charge in [-0.15, -0.1) is 5.73 Å². The van der Waals surface area contributed by atoms with Crippen LogP contribution in [0.2, 0.25) is 0 Å². The Morgan fingerprint density at radius 1 is 0.907 bits per heavy atom. The van der Waals surface area contributed by atoms with E-state index >= 15 is 0 Å². The van der Waals surface area contributed by atoms with Crippen molar-refractivity contribution in [2.45, 2.75) is 64.5 Å². The van der Waals surface area contributed by atoms with Gasteiger partial charge in [-0.2, -0.15) is 0 Å². The van der Waals surface area contributed by atoms with Crippen molar-refractivity contribution < 1.29 is 13.9 Å². The smallest absolute Gasteiger partial charge is 0.137 e. The van der Waals surface area contributed by atoms with Crippen LogP contribution in [0.25, 0.3) is 5.70 Å². The van der Waals surface area contributed by atoms with Crippen molar-refractivity contribution in [3.8, 4) is 0 Å². The highest BCUT2D eigenvalue weighted by Gasteiger charge is 2.31. The zero-order valence-corrected chi connectivity index (χ0v) is 25.2. The highest BCUT2D eigenvalue weighted by Crippen LogP contribution is 2.40. The minimum atomic E-state index is -0.431. The first kappa shape index (κ1) is 30.7. The van der Waals surface area contributed by atoms with Gasteiger partial charge in [0.15, 0.2) is 0 Å². The van der Waals surface area contributed by atoms with Crippen LogP contribution in [0, 0.1) is 29.4 Å². The van der Waals surface area contributed by atoms with Gasteiger partial charge in [0.05, 0.1) is 11.8 Å². The van der Waals surface area contributed by atoms with E-state index in [0.29, 0.717) is 12.5 Å². The number of halogens is 2. The molecule has 1 aliphatic heterocycles. The molecule has 5 rings (SSSR count). The van der Waals surface area contributed by atoms with Crippen LogP contribution in [0.4, 0.5) is 8.78 Å². The number of aliphatic hydroxyl groups is 1. The SMILES string of the molecule is C=C=C(CN1C(c2ccc(F)cc2)=NC(c2ccc(F)cc2)=CCC1C)C(C)C1CCCC(C(O)c2ccccc2)CC1. The van der Waals surface area contributed by atoms with Crippen LogP contribution >= 0.6 is 0 Å². The molecule has 5 heteroatoms. The van der Waals surface area contributed by atoms with E-state index in [1.54, 1.807) is 24.3 Å². The van der Waals surface area contributed by atoms with Gasteiger partial charge >= 0.3 is 0 Å². The lowest BCUT2D eigenvalue weighted by molar-refractivity contribution is 0.0976. The number of hydrogen-bond donors (Lipinski definition) is 1. The third-order valence-corrected chi connectivity index (χ3v) is 9.40. The van der Waals surface area contributed by atoms with Crippen molar-refractivity contribution in [3.05, 3.63) is 131 Å². The maximum atomic E-state index is 13.9. The minimum Gasteiger partial charge on any atom is -0.388 e. The quantitative estimate of drug-likeness (QED) is 0.213. The molecule has 0 bridgehead atoms. The number of aliphatic imine (C=N–C) groups is 1. The molecular weight excluding hydrogens is 538 g/mol. The molecule has 0 spiro atoms. The van der Waals surface area contributed by atoms with Crippen LogP contribution in [0.3, 0.4) is 0 Å². The number of hydrogen-bond acceptors (Lipinski definition) is 3. The van der Waals surface area contributed by atoms with Gasteiger partial charge in [-0.1, -0.05) is 56.3 Å². The van der Waals surface area contributed by atoms with E-state index in [4.69, 9.17) is 4.99 Å². The monoisotopic (exact) mass is 580 g/mol. The number of nitrogens with zero attached hydrogens (tertiary/aromatic N) is 2.